The molecule has 2 aromatic carbocycles. The summed E-state index contributed by atoms with van der Waals surface area (Å²) in [4.78, 5) is 0. The average molecular weight is 312 g/mol. The van der Waals surface area contributed by atoms with Crippen molar-refractivity contribution in [2.24, 2.45) is 0 Å². The quantitative estimate of drug-likeness (QED) is 0.782. The van der Waals surface area contributed by atoms with Crippen molar-refractivity contribution in [1.29, 1.82) is 5.26 Å². The first-order valence-electron chi connectivity index (χ1n) is 6.58. The summed E-state index contributed by atoms with van der Waals surface area (Å²) < 4.78 is 1.04. The molecule has 94 valence electrons. The van der Waals surface area contributed by atoms with Crippen molar-refractivity contribution in [2.45, 2.75) is 23.6 Å². The van der Waals surface area contributed by atoms with E-state index in [0.29, 0.717) is 0 Å². The topological polar surface area (TPSA) is 23.8 Å². The van der Waals surface area contributed by atoms with Crippen LogP contribution in [0.25, 0.3) is 0 Å². The summed E-state index contributed by atoms with van der Waals surface area (Å²) >= 11 is 0.166. The predicted molar refractivity (Wildman–Crippen MR) is 78.5 cm³/mol. The summed E-state index contributed by atoms with van der Waals surface area (Å²) in [6.45, 7) is 0. The third kappa shape index (κ3) is 2.32. The molecule has 0 amide bonds. The van der Waals surface area contributed by atoms with E-state index in [9.17, 15) is 5.26 Å². The van der Waals surface area contributed by atoms with Crippen LogP contribution in [0, 0.1) is 11.3 Å². The number of hydrogen-bond acceptors (Lipinski definition) is 1. The third-order valence-electron chi connectivity index (χ3n) is 3.64. The molecule has 0 saturated carbocycles. The van der Waals surface area contributed by atoms with Crippen LogP contribution in [0.3, 0.4) is 0 Å². The Morgan fingerprint density at radius 3 is 2.53 bits per heavy atom. The molecule has 0 fully saturated rings. The van der Waals surface area contributed by atoms with E-state index in [1.165, 1.54) is 15.6 Å². The van der Waals surface area contributed by atoms with Crippen molar-refractivity contribution in [1.82, 2.24) is 0 Å². The van der Waals surface area contributed by atoms with Gasteiger partial charge in [0, 0.05) is 0 Å². The number of nitriles is 1. The van der Waals surface area contributed by atoms with Gasteiger partial charge in [-0.1, -0.05) is 0 Å². The first kappa shape index (κ1) is 12.5. The van der Waals surface area contributed by atoms with E-state index >= 15 is 0 Å². The Bertz CT molecular complexity index is 615. The van der Waals surface area contributed by atoms with Gasteiger partial charge >= 0.3 is 120 Å². The standard InChI is InChI=1S/C17H15NSe/c18-13-17(19-15-9-2-1-3-10-15)12-6-8-14-7-4-5-11-16(14)17/h1-5,7,9-11H,6,8,12H2. The zero-order valence-corrected chi connectivity index (χ0v) is 12.4. The fraction of sp³-hybridized carbons (Fsp3) is 0.235. The molecule has 0 aliphatic heterocycles. The van der Waals surface area contributed by atoms with Crippen molar-refractivity contribution in [3.63, 3.8) is 0 Å². The molecule has 0 heterocycles. The molecule has 0 bridgehead atoms. The van der Waals surface area contributed by atoms with Gasteiger partial charge in [-0.3, -0.25) is 0 Å². The molecule has 2 heteroatoms. The van der Waals surface area contributed by atoms with Crippen molar-refractivity contribution >= 4 is 19.4 Å². The number of fused-ring (bicyclic) bond motifs is 1. The van der Waals surface area contributed by atoms with Gasteiger partial charge in [0.2, 0.25) is 0 Å². The zero-order valence-electron chi connectivity index (χ0n) is 10.7. The molecule has 1 aliphatic carbocycles. The van der Waals surface area contributed by atoms with Gasteiger partial charge in [-0.15, -0.1) is 0 Å². The second kappa shape index (κ2) is 5.21. The van der Waals surface area contributed by atoms with Gasteiger partial charge in [0.25, 0.3) is 0 Å². The fourth-order valence-corrected chi connectivity index (χ4v) is 5.45. The van der Waals surface area contributed by atoms with Gasteiger partial charge in [-0.2, -0.15) is 0 Å². The molecule has 19 heavy (non-hydrogen) atoms. The van der Waals surface area contributed by atoms with Crippen LogP contribution in [0.1, 0.15) is 24.0 Å². The van der Waals surface area contributed by atoms with Crippen molar-refractivity contribution < 1.29 is 0 Å². The van der Waals surface area contributed by atoms with Crippen LogP contribution in [0.4, 0.5) is 0 Å². The van der Waals surface area contributed by atoms with Crippen LogP contribution in [0.2, 0.25) is 0 Å². The maximum atomic E-state index is 9.82. The molecular formula is C17H15NSe. The second-order valence-electron chi connectivity index (χ2n) is 4.86. The molecule has 3 rings (SSSR count). The van der Waals surface area contributed by atoms with Crippen LogP contribution >= 0.6 is 0 Å². The molecule has 2 aromatic rings. The van der Waals surface area contributed by atoms with E-state index < -0.39 is 0 Å². The molecule has 1 aliphatic rings. The average Bonchev–Trinajstić information content (AvgIpc) is 2.49. The number of nitrogens with zero attached hydrogens (tertiary/aromatic N) is 1. The van der Waals surface area contributed by atoms with Gasteiger partial charge in [0.1, 0.15) is 0 Å². The minimum absolute atomic E-state index is 0.166. The molecular weight excluding hydrogens is 297 g/mol. The first-order chi connectivity index (χ1) is 9.34. The van der Waals surface area contributed by atoms with Crippen molar-refractivity contribution in [2.75, 3.05) is 0 Å². The monoisotopic (exact) mass is 313 g/mol. The Morgan fingerprint density at radius 2 is 1.74 bits per heavy atom. The number of hydrogen-bond donors (Lipinski definition) is 0. The predicted octanol–water partition coefficient (Wildman–Crippen LogP) is 2.77. The van der Waals surface area contributed by atoms with Crippen molar-refractivity contribution in [3.05, 3.63) is 65.7 Å². The van der Waals surface area contributed by atoms with Crippen LogP contribution in [-0.4, -0.2) is 15.0 Å². The number of benzene rings is 2. The number of rotatable bonds is 2. The summed E-state index contributed by atoms with van der Waals surface area (Å²) in [7, 11) is 0. The Hall–Kier alpha value is -1.55. The van der Waals surface area contributed by atoms with Gasteiger partial charge < -0.3 is 0 Å². The van der Waals surface area contributed by atoms with E-state index in [0.717, 1.165) is 19.3 Å². The van der Waals surface area contributed by atoms with Crippen LogP contribution in [-0.2, 0) is 10.7 Å². The maximum absolute atomic E-state index is 9.82. The van der Waals surface area contributed by atoms with Crippen LogP contribution in [0.5, 0.6) is 0 Å². The van der Waals surface area contributed by atoms with E-state index in [4.69, 9.17) is 0 Å². The summed E-state index contributed by atoms with van der Waals surface area (Å²) in [6.07, 6.45) is 3.24. The fourth-order valence-electron chi connectivity index (χ4n) is 2.73. The number of aryl methyl sites for hydroxylation is 1. The van der Waals surface area contributed by atoms with Gasteiger partial charge in [0.15, 0.2) is 0 Å². The molecule has 1 nitrogen and oxygen atoms in total. The summed E-state index contributed by atoms with van der Waals surface area (Å²) in [6, 6.07) is 21.6. The Labute approximate surface area is 120 Å². The molecule has 0 aromatic heterocycles. The Balaban J connectivity index is 2.04. The van der Waals surface area contributed by atoms with Crippen LogP contribution < -0.4 is 4.46 Å². The molecule has 0 spiro atoms. The van der Waals surface area contributed by atoms with E-state index in [1.54, 1.807) is 0 Å². The Morgan fingerprint density at radius 1 is 1.00 bits per heavy atom. The van der Waals surface area contributed by atoms with Crippen molar-refractivity contribution in [3.8, 4) is 6.07 Å². The summed E-state index contributed by atoms with van der Waals surface area (Å²) in [5.41, 5.74) is 2.64. The molecule has 0 N–H and O–H groups in total. The van der Waals surface area contributed by atoms with E-state index in [1.807, 2.05) is 6.07 Å². The normalized spacial score (nSPS) is 21.4. The van der Waals surface area contributed by atoms with Gasteiger partial charge in [-0.25, -0.2) is 0 Å². The second-order valence-corrected chi connectivity index (χ2v) is 7.74. The van der Waals surface area contributed by atoms with Gasteiger partial charge in [-0.05, 0) is 0 Å². The van der Waals surface area contributed by atoms with Crippen LogP contribution in [0.15, 0.2) is 54.6 Å². The molecule has 0 saturated heterocycles. The van der Waals surface area contributed by atoms with E-state index in [-0.39, 0.29) is 19.3 Å². The van der Waals surface area contributed by atoms with E-state index in [2.05, 4.69) is 54.6 Å². The third-order valence-corrected chi connectivity index (χ3v) is 6.52. The molecule has 0 radical (unpaired) electrons. The zero-order chi connectivity index (χ0) is 13.1. The SMILES string of the molecule is N#CC1([Se]c2ccccc2)CCCc2ccccc21. The Kier molecular flexibility index (Phi) is 3.42. The first-order valence-corrected chi connectivity index (χ1v) is 8.29. The summed E-state index contributed by atoms with van der Waals surface area (Å²) in [5, 5.41) is 9.82. The molecule has 1 atom stereocenters. The minimum atomic E-state index is -0.275. The molecule has 1 unspecified atom stereocenters. The van der Waals surface area contributed by atoms with Gasteiger partial charge in [0.05, 0.1) is 0 Å². The summed E-state index contributed by atoms with van der Waals surface area (Å²) in [5.74, 6) is 0.